The molecule has 0 atom stereocenters. The fourth-order valence-electron chi connectivity index (χ4n) is 1.97. The van der Waals surface area contributed by atoms with Crippen molar-refractivity contribution in [2.24, 2.45) is 0 Å². The molecule has 6 heteroatoms. The smallest absolute Gasteiger partial charge is 0.220 e. The number of amides is 2. The van der Waals surface area contributed by atoms with Gasteiger partial charge in [0.25, 0.3) is 0 Å². The zero-order valence-electron chi connectivity index (χ0n) is 12.2. The van der Waals surface area contributed by atoms with E-state index in [-0.39, 0.29) is 18.4 Å². The lowest BCUT2D eigenvalue weighted by atomic mass is 10.1. The molecule has 5 nitrogen and oxygen atoms in total. The van der Waals surface area contributed by atoms with Crippen LogP contribution in [0.25, 0.3) is 0 Å². The Hall–Kier alpha value is -0.750. The van der Waals surface area contributed by atoms with Crippen molar-refractivity contribution in [2.75, 3.05) is 13.2 Å². The average molecular weight is 303 g/mol. The van der Waals surface area contributed by atoms with Crippen LogP contribution in [0.1, 0.15) is 64.2 Å². The summed E-state index contributed by atoms with van der Waals surface area (Å²) in [6.45, 7) is 0.349. The number of rotatable bonds is 13. The lowest BCUT2D eigenvalue weighted by Crippen LogP contribution is -2.25. The van der Waals surface area contributed by atoms with E-state index in [1.807, 2.05) is 0 Å². The Kier molecular flexibility index (Phi) is 14.1. The van der Waals surface area contributed by atoms with Crippen molar-refractivity contribution >= 4 is 24.6 Å². The molecular formula is C14H27N2O3S-. The summed E-state index contributed by atoms with van der Waals surface area (Å²) in [5.41, 5.74) is 0. The number of carbonyl (C=O) groups is 2. The third-order valence-electron chi connectivity index (χ3n) is 3.11. The van der Waals surface area contributed by atoms with Gasteiger partial charge in [-0.3, -0.25) is 9.59 Å². The maximum atomic E-state index is 11.2. The number of aliphatic hydroxyl groups excluding tert-OH is 1. The van der Waals surface area contributed by atoms with E-state index >= 15 is 0 Å². The number of unbranched alkanes of at least 4 members (excludes halogenated alkanes) is 7. The molecule has 0 aliphatic heterocycles. The highest BCUT2D eigenvalue weighted by molar-refractivity contribution is 7.57. The van der Waals surface area contributed by atoms with Gasteiger partial charge in [-0.15, -0.1) is 0 Å². The van der Waals surface area contributed by atoms with Crippen molar-refractivity contribution in [1.82, 2.24) is 10.0 Å². The van der Waals surface area contributed by atoms with Gasteiger partial charge in [0.15, 0.2) is 5.91 Å². The van der Waals surface area contributed by atoms with Gasteiger partial charge in [0.1, 0.15) is 0 Å². The van der Waals surface area contributed by atoms with Crippen molar-refractivity contribution < 1.29 is 14.7 Å². The SMILES string of the molecule is O=C(CCCCCCCCCCC(=O)NCCO)N[S-]. The minimum absolute atomic E-state index is 0.000156. The Morgan fingerprint density at radius 3 is 1.70 bits per heavy atom. The Balaban J connectivity index is 3.13. The van der Waals surface area contributed by atoms with Crippen LogP contribution in [0.2, 0.25) is 0 Å². The van der Waals surface area contributed by atoms with Gasteiger partial charge in [0, 0.05) is 19.4 Å². The Morgan fingerprint density at radius 1 is 0.800 bits per heavy atom. The summed E-state index contributed by atoms with van der Waals surface area (Å²) in [4.78, 5) is 22.1. The number of hydrogen-bond acceptors (Lipinski definition) is 4. The van der Waals surface area contributed by atoms with E-state index in [1.54, 1.807) is 0 Å². The fraction of sp³-hybridized carbons (Fsp3) is 0.857. The Bertz CT molecular complexity index is 263. The molecule has 0 aliphatic carbocycles. The summed E-state index contributed by atoms with van der Waals surface area (Å²) >= 11 is 4.44. The molecule has 0 aromatic carbocycles. The molecule has 0 rings (SSSR count). The van der Waals surface area contributed by atoms with Crippen molar-refractivity contribution in [3.63, 3.8) is 0 Å². The highest BCUT2D eigenvalue weighted by Gasteiger charge is 2.00. The highest BCUT2D eigenvalue weighted by Crippen LogP contribution is 2.10. The van der Waals surface area contributed by atoms with Crippen LogP contribution in [-0.2, 0) is 22.4 Å². The number of hydrogen-bond donors (Lipinski definition) is 3. The van der Waals surface area contributed by atoms with Crippen LogP contribution in [0.5, 0.6) is 0 Å². The van der Waals surface area contributed by atoms with E-state index in [0.29, 0.717) is 19.4 Å². The zero-order chi connectivity index (χ0) is 15.1. The minimum Gasteiger partial charge on any atom is -0.668 e. The summed E-state index contributed by atoms with van der Waals surface area (Å²) in [7, 11) is 0. The predicted molar refractivity (Wildman–Crippen MR) is 81.8 cm³/mol. The lowest BCUT2D eigenvalue weighted by Gasteiger charge is -2.07. The van der Waals surface area contributed by atoms with Crippen molar-refractivity contribution in [3.8, 4) is 0 Å². The zero-order valence-corrected chi connectivity index (χ0v) is 13.0. The van der Waals surface area contributed by atoms with Crippen LogP contribution >= 0.6 is 0 Å². The van der Waals surface area contributed by atoms with Crippen LogP contribution in [-0.4, -0.2) is 30.1 Å². The first-order chi connectivity index (χ1) is 9.70. The molecule has 0 fully saturated rings. The summed E-state index contributed by atoms with van der Waals surface area (Å²) in [5, 5.41) is 11.2. The molecule has 20 heavy (non-hydrogen) atoms. The first-order valence-corrected chi connectivity index (χ1v) is 7.90. The second-order valence-corrected chi connectivity index (χ2v) is 5.13. The van der Waals surface area contributed by atoms with E-state index in [2.05, 4.69) is 22.9 Å². The van der Waals surface area contributed by atoms with E-state index < -0.39 is 0 Å². The molecule has 0 saturated heterocycles. The van der Waals surface area contributed by atoms with Crippen LogP contribution in [0.4, 0.5) is 0 Å². The molecule has 3 N–H and O–H groups in total. The topological polar surface area (TPSA) is 78.4 Å². The van der Waals surface area contributed by atoms with Gasteiger partial charge in [0.05, 0.1) is 6.61 Å². The van der Waals surface area contributed by atoms with E-state index in [0.717, 1.165) is 38.5 Å². The average Bonchev–Trinajstić information content (AvgIpc) is 2.46. The highest BCUT2D eigenvalue weighted by atomic mass is 32.1. The van der Waals surface area contributed by atoms with Crippen molar-refractivity contribution in [1.29, 1.82) is 0 Å². The van der Waals surface area contributed by atoms with Gasteiger partial charge >= 0.3 is 0 Å². The van der Waals surface area contributed by atoms with Crippen LogP contribution in [0.3, 0.4) is 0 Å². The first kappa shape index (κ1) is 19.2. The summed E-state index contributed by atoms with van der Waals surface area (Å²) in [6, 6.07) is 0. The van der Waals surface area contributed by atoms with Gasteiger partial charge in [-0.1, -0.05) is 38.5 Å². The van der Waals surface area contributed by atoms with Gasteiger partial charge in [-0.25, -0.2) is 0 Å². The quantitative estimate of drug-likeness (QED) is 0.356. The van der Waals surface area contributed by atoms with Crippen LogP contribution in [0, 0.1) is 0 Å². The predicted octanol–water partition coefficient (Wildman–Crippen LogP) is 1.57. The maximum Gasteiger partial charge on any atom is 0.220 e. The largest absolute Gasteiger partial charge is 0.668 e. The molecule has 0 aromatic heterocycles. The molecule has 0 aromatic rings. The molecule has 118 valence electrons. The van der Waals surface area contributed by atoms with E-state index in [4.69, 9.17) is 5.11 Å². The van der Waals surface area contributed by atoms with Crippen molar-refractivity contribution in [2.45, 2.75) is 64.2 Å². The normalized spacial score (nSPS) is 10.3. The number of carbonyl (C=O) groups excluding carboxylic acids is 2. The number of aliphatic hydroxyl groups is 1. The number of nitrogens with one attached hydrogen (secondary N) is 2. The third-order valence-corrected chi connectivity index (χ3v) is 3.33. The van der Waals surface area contributed by atoms with Gasteiger partial charge in [-0.05, 0) is 12.8 Å². The minimum atomic E-state index is -0.0560. The molecule has 0 radical (unpaired) electrons. The van der Waals surface area contributed by atoms with E-state index in [1.165, 1.54) is 12.8 Å². The second kappa shape index (κ2) is 14.7. The second-order valence-electron chi connectivity index (χ2n) is 4.93. The Morgan fingerprint density at radius 2 is 1.25 bits per heavy atom. The van der Waals surface area contributed by atoms with Crippen LogP contribution in [0.15, 0.2) is 0 Å². The molecular weight excluding hydrogens is 276 g/mol. The molecule has 0 aliphatic rings. The summed E-state index contributed by atoms with van der Waals surface area (Å²) < 4.78 is 2.21. The Labute approximate surface area is 127 Å². The molecule has 2 amide bonds. The maximum absolute atomic E-state index is 11.2. The molecule has 0 bridgehead atoms. The molecule has 0 spiro atoms. The molecule has 0 heterocycles. The summed E-state index contributed by atoms with van der Waals surface area (Å²) in [6.07, 6.45) is 9.74. The van der Waals surface area contributed by atoms with Gasteiger partial charge < -0.3 is 28.0 Å². The van der Waals surface area contributed by atoms with Crippen molar-refractivity contribution in [3.05, 3.63) is 0 Å². The molecule has 0 saturated carbocycles. The third kappa shape index (κ3) is 13.7. The van der Waals surface area contributed by atoms with Gasteiger partial charge in [0.2, 0.25) is 5.91 Å². The molecule has 0 unspecified atom stereocenters. The fourth-order valence-corrected chi connectivity index (χ4v) is 2.07. The van der Waals surface area contributed by atoms with Crippen LogP contribution < -0.4 is 10.0 Å². The summed E-state index contributed by atoms with van der Waals surface area (Å²) in [5.74, 6) is -0.0291. The standard InChI is InChI=1S/C14H27N2O3S/c17-12-11-15-13(18)9-7-5-3-1-2-4-6-8-10-14(19)16-20/h17H,1-12H2,(H2-,15,16,18,19,20)/q-1. The first-order valence-electron chi connectivity index (χ1n) is 7.49. The monoisotopic (exact) mass is 303 g/mol. The van der Waals surface area contributed by atoms with Gasteiger partial charge in [-0.2, -0.15) is 0 Å². The lowest BCUT2D eigenvalue weighted by molar-refractivity contribution is -0.121. The van der Waals surface area contributed by atoms with E-state index in [9.17, 15) is 9.59 Å².